The van der Waals surface area contributed by atoms with E-state index in [1.54, 1.807) is 19.1 Å². The van der Waals surface area contributed by atoms with Gasteiger partial charge in [-0.15, -0.1) is 5.10 Å². The maximum absolute atomic E-state index is 14.0. The van der Waals surface area contributed by atoms with E-state index in [1.807, 2.05) is 20.8 Å². The van der Waals surface area contributed by atoms with Crippen molar-refractivity contribution in [2.45, 2.75) is 58.0 Å². The van der Waals surface area contributed by atoms with Crippen molar-refractivity contribution in [1.82, 2.24) is 25.0 Å². The Bertz CT molecular complexity index is 1770. The maximum Gasteiger partial charge on any atom is 0.332 e. The molecule has 0 spiro atoms. The van der Waals surface area contributed by atoms with Crippen LogP contribution in [0.2, 0.25) is 5.02 Å². The Balaban J connectivity index is 1.61. The molecule has 3 aromatic heterocycles. The predicted octanol–water partition coefficient (Wildman–Crippen LogP) is 6.06. The number of nitriles is 1. The van der Waals surface area contributed by atoms with Gasteiger partial charge in [0.15, 0.2) is 5.54 Å². The summed E-state index contributed by atoms with van der Waals surface area (Å²) in [7, 11) is 0. The number of halogens is 4. The van der Waals surface area contributed by atoms with Crippen molar-refractivity contribution < 1.29 is 23.1 Å². The first-order valence-corrected chi connectivity index (χ1v) is 13.7. The molecule has 224 valence electrons. The average Bonchev–Trinajstić information content (AvgIpc) is 3.39. The van der Waals surface area contributed by atoms with E-state index in [0.29, 0.717) is 45.6 Å². The first kappa shape index (κ1) is 30.0. The monoisotopic (exact) mass is 612 g/mol. The second-order valence-corrected chi connectivity index (χ2v) is 12.4. The Hall–Kier alpha value is -4.44. The fourth-order valence-corrected chi connectivity index (χ4v) is 5.40. The third kappa shape index (κ3) is 5.79. The van der Waals surface area contributed by atoms with Crippen LogP contribution in [-0.4, -0.2) is 48.5 Å². The lowest BCUT2D eigenvalue weighted by Crippen LogP contribution is -2.58. The lowest BCUT2D eigenvalue weighted by molar-refractivity contribution is -0.190. The van der Waals surface area contributed by atoms with Gasteiger partial charge in [0, 0.05) is 47.9 Å². The highest BCUT2D eigenvalue weighted by Gasteiger charge is 2.63. The van der Waals surface area contributed by atoms with Gasteiger partial charge in [0.05, 0.1) is 34.0 Å². The minimum Gasteiger partial charge on any atom is -0.479 e. The molecule has 1 aromatic carbocycles. The molecule has 4 aromatic rings. The number of aliphatic carboxylic acids is 1. The number of carboxylic acid groups (broad SMARTS) is 1. The first-order valence-electron chi connectivity index (χ1n) is 13.3. The van der Waals surface area contributed by atoms with Gasteiger partial charge in [-0.2, -0.15) is 9.65 Å². The van der Waals surface area contributed by atoms with Crippen molar-refractivity contribution in [2.24, 2.45) is 5.41 Å². The van der Waals surface area contributed by atoms with E-state index in [1.165, 1.54) is 18.5 Å². The topological polar surface area (TPSA) is 142 Å². The zero-order valence-corrected chi connectivity index (χ0v) is 24.5. The van der Waals surface area contributed by atoms with Crippen molar-refractivity contribution in [3.05, 3.63) is 70.1 Å². The molecular formula is C29H28ClF3N8O2. The van der Waals surface area contributed by atoms with Crippen molar-refractivity contribution >= 4 is 39.8 Å². The minimum absolute atomic E-state index is 0.107. The molecule has 0 unspecified atom stereocenters. The van der Waals surface area contributed by atoms with Crippen LogP contribution in [0.25, 0.3) is 10.9 Å². The maximum atomic E-state index is 14.0. The molecule has 5 rings (SSSR count). The number of rotatable bonds is 8. The Morgan fingerprint density at radius 1 is 1.28 bits per heavy atom. The summed E-state index contributed by atoms with van der Waals surface area (Å²) in [5.41, 5.74) is 0.685. The number of carboxylic acids is 1. The van der Waals surface area contributed by atoms with Crippen molar-refractivity contribution in [2.75, 3.05) is 17.2 Å². The zero-order valence-electron chi connectivity index (χ0n) is 23.7. The molecule has 1 saturated carbocycles. The number of aromatic nitrogens is 5. The van der Waals surface area contributed by atoms with Crippen LogP contribution in [0, 0.1) is 29.6 Å². The molecular weight excluding hydrogens is 585 g/mol. The minimum atomic E-state index is -3.14. The second kappa shape index (κ2) is 10.7. The van der Waals surface area contributed by atoms with Crippen LogP contribution in [-0.2, 0) is 10.3 Å². The number of hydrogen-bond acceptors (Lipinski definition) is 8. The molecule has 0 saturated heterocycles. The first-order chi connectivity index (χ1) is 20.1. The number of hydrogen-bond donors (Lipinski definition) is 3. The van der Waals surface area contributed by atoms with Gasteiger partial charge >= 0.3 is 5.97 Å². The molecule has 10 nitrogen and oxygen atoms in total. The third-order valence-electron chi connectivity index (χ3n) is 7.30. The Morgan fingerprint density at radius 2 is 2.00 bits per heavy atom. The Labute approximate surface area is 249 Å². The van der Waals surface area contributed by atoms with Crippen LogP contribution < -0.4 is 10.6 Å². The van der Waals surface area contributed by atoms with E-state index >= 15 is 0 Å². The Morgan fingerprint density at radius 3 is 2.60 bits per heavy atom. The van der Waals surface area contributed by atoms with Gasteiger partial charge in [-0.05, 0) is 30.5 Å². The third-order valence-corrected chi connectivity index (χ3v) is 7.59. The number of carbonyl (C=O) groups is 1. The molecule has 1 aliphatic rings. The summed E-state index contributed by atoms with van der Waals surface area (Å²) in [6.45, 7) is 8.28. The second-order valence-electron chi connectivity index (χ2n) is 11.9. The molecule has 0 bridgehead atoms. The van der Waals surface area contributed by atoms with Crippen LogP contribution >= 0.6 is 11.6 Å². The highest BCUT2D eigenvalue weighted by Crippen LogP contribution is 2.50. The molecule has 0 aliphatic heterocycles. The quantitative estimate of drug-likeness (QED) is 0.202. The van der Waals surface area contributed by atoms with Gasteiger partial charge in [-0.1, -0.05) is 43.7 Å². The fraction of sp³-hybridized carbons (Fsp3) is 0.379. The number of benzene rings is 1. The lowest BCUT2D eigenvalue weighted by Gasteiger charge is -2.43. The normalized spacial score (nSPS) is 16.3. The number of pyridine rings is 2. The van der Waals surface area contributed by atoms with Gasteiger partial charge in [0.2, 0.25) is 5.95 Å². The van der Waals surface area contributed by atoms with E-state index in [4.69, 9.17) is 11.6 Å². The highest BCUT2D eigenvalue weighted by atomic mass is 35.5. The van der Waals surface area contributed by atoms with E-state index < -0.39 is 42.3 Å². The summed E-state index contributed by atoms with van der Waals surface area (Å²) in [6.07, 6.45) is 0.889. The van der Waals surface area contributed by atoms with Gasteiger partial charge in [-0.25, -0.2) is 23.2 Å². The van der Waals surface area contributed by atoms with Crippen LogP contribution in [0.15, 0.2) is 36.7 Å². The zero-order chi connectivity index (χ0) is 31.3. The highest BCUT2D eigenvalue weighted by molar-refractivity contribution is 6.35. The van der Waals surface area contributed by atoms with E-state index in [0.717, 1.165) is 10.7 Å². The predicted molar refractivity (Wildman–Crippen MR) is 154 cm³/mol. The smallest absolute Gasteiger partial charge is 0.332 e. The summed E-state index contributed by atoms with van der Waals surface area (Å²) in [5, 5.41) is 35.1. The molecule has 43 heavy (non-hydrogen) atoms. The number of fused-ring (bicyclic) bond motifs is 1. The molecule has 1 atom stereocenters. The van der Waals surface area contributed by atoms with Gasteiger partial charge < -0.3 is 15.7 Å². The number of anilines is 2. The number of aryl methyl sites for hydroxylation is 1. The van der Waals surface area contributed by atoms with Crippen LogP contribution in [0.5, 0.6) is 0 Å². The van der Waals surface area contributed by atoms with Gasteiger partial charge in [-0.3, -0.25) is 4.98 Å². The summed E-state index contributed by atoms with van der Waals surface area (Å²) in [5.74, 6) is -5.30. The molecule has 0 radical (unpaired) electrons. The fourth-order valence-electron chi connectivity index (χ4n) is 5.13. The largest absolute Gasteiger partial charge is 0.479 e. The number of alkyl halides is 2. The Kier molecular flexibility index (Phi) is 7.46. The molecule has 14 heteroatoms. The van der Waals surface area contributed by atoms with Crippen molar-refractivity contribution in [1.29, 1.82) is 5.26 Å². The lowest BCUT2D eigenvalue weighted by atomic mass is 9.73. The summed E-state index contributed by atoms with van der Waals surface area (Å²) < 4.78 is 42.6. The van der Waals surface area contributed by atoms with Gasteiger partial charge in [0.1, 0.15) is 11.8 Å². The standard InChI is InChI=1S/C29H28ClF3N8O2/c1-15-18(5-6-22(31)37-15)25(21-11-41(40-39-21)28(26(42)43)12-29(32,33)13-28)38-17-7-19-23(36-14-27(2,3)4)16(9-34)10-35-24(19)20(30)8-17/h5-8,10-11,25,38H,12-14H2,1-4H3,(H,35,36)(H,42,43)/t25-/m0/s1. The van der Waals surface area contributed by atoms with Crippen LogP contribution in [0.3, 0.4) is 0 Å². The van der Waals surface area contributed by atoms with Crippen molar-refractivity contribution in [3.63, 3.8) is 0 Å². The number of nitrogens with one attached hydrogen (secondary N) is 2. The van der Waals surface area contributed by atoms with E-state index in [2.05, 4.69) is 37.0 Å². The molecule has 3 N–H and O–H groups in total. The summed E-state index contributed by atoms with van der Waals surface area (Å²) in [4.78, 5) is 20.3. The number of nitrogens with zero attached hydrogens (tertiary/aromatic N) is 6. The summed E-state index contributed by atoms with van der Waals surface area (Å²) in [6, 6.07) is 7.30. The average molecular weight is 613 g/mol. The van der Waals surface area contributed by atoms with E-state index in [9.17, 15) is 28.3 Å². The molecule has 0 amide bonds. The van der Waals surface area contributed by atoms with E-state index in [-0.39, 0.29) is 16.1 Å². The summed E-state index contributed by atoms with van der Waals surface area (Å²) >= 11 is 6.66. The van der Waals surface area contributed by atoms with Gasteiger partial charge in [0.25, 0.3) is 5.92 Å². The van der Waals surface area contributed by atoms with Crippen LogP contribution in [0.1, 0.15) is 62.2 Å². The molecule has 1 fully saturated rings. The molecule has 3 heterocycles. The molecule has 1 aliphatic carbocycles. The van der Waals surface area contributed by atoms with Crippen LogP contribution in [0.4, 0.5) is 24.5 Å². The SMILES string of the molecule is Cc1nc(F)ccc1[C@H](Nc1cc(Cl)c2ncc(C#N)c(NCC(C)(C)C)c2c1)c1cn(C2(C(=O)O)CC(F)(F)C2)nn1. The van der Waals surface area contributed by atoms with Crippen molar-refractivity contribution in [3.8, 4) is 6.07 Å².